The summed E-state index contributed by atoms with van der Waals surface area (Å²) in [6.45, 7) is 2.05. The zero-order valence-electron chi connectivity index (χ0n) is 16.5. The van der Waals surface area contributed by atoms with Crippen LogP contribution in [0.15, 0.2) is 72.9 Å². The molecule has 30 heavy (non-hydrogen) atoms. The van der Waals surface area contributed by atoms with E-state index in [4.69, 9.17) is 5.11 Å². The number of aromatic nitrogens is 1. The van der Waals surface area contributed by atoms with Crippen molar-refractivity contribution in [2.24, 2.45) is 0 Å². The standard InChI is InChI=1S/C24H22N2O4/c1-17-9-11-19(12-10-17)23(29)21-8-4-14-26(21)13-3-6-18-5-2-7-20(15-18)24(30)25-16-22(27)28/h2-12,14-15H,13,16H2,1H3,(H,25,30)(H,27,28)/b6-3+. The van der Waals surface area contributed by atoms with Crippen molar-refractivity contribution >= 4 is 23.7 Å². The normalized spacial score (nSPS) is 10.8. The monoisotopic (exact) mass is 402 g/mol. The number of hydrogen-bond acceptors (Lipinski definition) is 3. The Morgan fingerprint density at radius 2 is 1.77 bits per heavy atom. The molecule has 0 spiro atoms. The minimum absolute atomic E-state index is 0.0366. The van der Waals surface area contributed by atoms with E-state index in [1.54, 1.807) is 24.3 Å². The quantitative estimate of drug-likeness (QED) is 0.564. The van der Waals surface area contributed by atoms with E-state index < -0.39 is 18.4 Å². The number of carbonyl (C=O) groups is 3. The third kappa shape index (κ3) is 5.32. The van der Waals surface area contributed by atoms with Crippen molar-refractivity contribution in [3.63, 3.8) is 0 Å². The number of carboxylic acids is 1. The van der Waals surface area contributed by atoms with Crippen LogP contribution in [0.3, 0.4) is 0 Å². The van der Waals surface area contributed by atoms with E-state index in [1.807, 2.05) is 66.2 Å². The predicted molar refractivity (Wildman–Crippen MR) is 114 cm³/mol. The van der Waals surface area contributed by atoms with Gasteiger partial charge >= 0.3 is 5.97 Å². The average molecular weight is 402 g/mol. The Labute approximate surface area is 174 Å². The lowest BCUT2D eigenvalue weighted by atomic mass is 10.1. The highest BCUT2D eigenvalue weighted by atomic mass is 16.4. The van der Waals surface area contributed by atoms with E-state index in [0.29, 0.717) is 23.4 Å². The predicted octanol–water partition coefficient (Wildman–Crippen LogP) is 3.56. The van der Waals surface area contributed by atoms with Gasteiger partial charge in [0, 0.05) is 23.9 Å². The van der Waals surface area contributed by atoms with E-state index in [9.17, 15) is 14.4 Å². The van der Waals surface area contributed by atoms with Crippen LogP contribution in [0.25, 0.3) is 6.08 Å². The largest absolute Gasteiger partial charge is 0.480 e. The second-order valence-corrected chi connectivity index (χ2v) is 6.85. The summed E-state index contributed by atoms with van der Waals surface area (Å²) in [6.07, 6.45) is 5.61. The van der Waals surface area contributed by atoms with Gasteiger partial charge < -0.3 is 15.0 Å². The summed E-state index contributed by atoms with van der Waals surface area (Å²) < 4.78 is 1.86. The molecular weight excluding hydrogens is 380 g/mol. The van der Waals surface area contributed by atoms with Crippen molar-refractivity contribution in [1.82, 2.24) is 9.88 Å². The van der Waals surface area contributed by atoms with E-state index in [0.717, 1.165) is 11.1 Å². The minimum Gasteiger partial charge on any atom is -0.480 e. The van der Waals surface area contributed by atoms with Gasteiger partial charge in [-0.2, -0.15) is 0 Å². The number of rotatable bonds is 8. The van der Waals surface area contributed by atoms with E-state index in [2.05, 4.69) is 5.32 Å². The fraction of sp³-hybridized carbons (Fsp3) is 0.125. The SMILES string of the molecule is Cc1ccc(C(=O)c2cccn2C/C=C/c2cccc(C(=O)NCC(=O)O)c2)cc1. The van der Waals surface area contributed by atoms with Crippen molar-refractivity contribution in [3.8, 4) is 0 Å². The van der Waals surface area contributed by atoms with Crippen LogP contribution >= 0.6 is 0 Å². The van der Waals surface area contributed by atoms with E-state index >= 15 is 0 Å². The second-order valence-electron chi connectivity index (χ2n) is 6.85. The fourth-order valence-corrected chi connectivity index (χ4v) is 2.98. The third-order valence-electron chi connectivity index (χ3n) is 4.54. The lowest BCUT2D eigenvalue weighted by Gasteiger charge is -2.07. The molecule has 1 amide bonds. The van der Waals surface area contributed by atoms with Crippen LogP contribution in [0.2, 0.25) is 0 Å². The van der Waals surface area contributed by atoms with Crippen LogP contribution in [0.4, 0.5) is 0 Å². The minimum atomic E-state index is -1.10. The zero-order valence-corrected chi connectivity index (χ0v) is 16.5. The number of ketones is 1. The Bertz CT molecular complexity index is 1090. The van der Waals surface area contributed by atoms with Crippen molar-refractivity contribution in [3.05, 3.63) is 101 Å². The van der Waals surface area contributed by atoms with Gasteiger partial charge in [-0.1, -0.05) is 54.1 Å². The topological polar surface area (TPSA) is 88.4 Å². The maximum Gasteiger partial charge on any atom is 0.322 e. The zero-order chi connectivity index (χ0) is 21.5. The third-order valence-corrected chi connectivity index (χ3v) is 4.54. The molecule has 3 aromatic rings. The highest BCUT2D eigenvalue weighted by molar-refractivity contribution is 6.08. The first kappa shape index (κ1) is 20.8. The van der Waals surface area contributed by atoms with Gasteiger partial charge in [0.15, 0.2) is 0 Å². The summed E-state index contributed by atoms with van der Waals surface area (Å²) in [4.78, 5) is 35.4. The molecule has 2 N–H and O–H groups in total. The molecule has 2 aromatic carbocycles. The van der Waals surface area contributed by atoms with Crippen LogP contribution < -0.4 is 5.32 Å². The molecule has 0 fully saturated rings. The van der Waals surface area contributed by atoms with Gasteiger partial charge in [0.25, 0.3) is 5.91 Å². The number of carboxylic acid groups (broad SMARTS) is 1. The molecule has 0 unspecified atom stereocenters. The Morgan fingerprint density at radius 1 is 1.00 bits per heavy atom. The first-order valence-electron chi connectivity index (χ1n) is 9.47. The Balaban J connectivity index is 1.68. The summed E-state index contributed by atoms with van der Waals surface area (Å²) in [7, 11) is 0. The van der Waals surface area contributed by atoms with E-state index in [-0.39, 0.29) is 5.78 Å². The van der Waals surface area contributed by atoms with Gasteiger partial charge in [-0.15, -0.1) is 0 Å². The molecule has 1 aromatic heterocycles. The van der Waals surface area contributed by atoms with Crippen LogP contribution in [0, 0.1) is 6.92 Å². The van der Waals surface area contributed by atoms with Gasteiger partial charge in [0.1, 0.15) is 6.54 Å². The lowest BCUT2D eigenvalue weighted by Crippen LogP contribution is -2.29. The summed E-state index contributed by atoms with van der Waals surface area (Å²) in [6, 6.07) is 18.0. The fourth-order valence-electron chi connectivity index (χ4n) is 2.98. The molecule has 3 rings (SSSR count). The maximum absolute atomic E-state index is 12.8. The van der Waals surface area contributed by atoms with Gasteiger partial charge in [0.05, 0.1) is 5.69 Å². The lowest BCUT2D eigenvalue weighted by molar-refractivity contribution is -0.135. The molecule has 6 heteroatoms. The van der Waals surface area contributed by atoms with E-state index in [1.165, 1.54) is 0 Å². The molecule has 0 saturated carbocycles. The highest BCUT2D eigenvalue weighted by Crippen LogP contribution is 2.13. The number of allylic oxidation sites excluding steroid dienone is 1. The smallest absolute Gasteiger partial charge is 0.322 e. The van der Waals surface area contributed by atoms with Gasteiger partial charge in [-0.25, -0.2) is 0 Å². The van der Waals surface area contributed by atoms with Crippen molar-refractivity contribution in [2.75, 3.05) is 6.54 Å². The average Bonchev–Trinajstić information content (AvgIpc) is 3.20. The summed E-state index contributed by atoms with van der Waals surface area (Å²) >= 11 is 0. The number of nitrogens with one attached hydrogen (secondary N) is 1. The number of aliphatic carboxylic acids is 1. The number of hydrogen-bond donors (Lipinski definition) is 2. The number of amides is 1. The van der Waals surface area contributed by atoms with Gasteiger partial charge in [-0.3, -0.25) is 14.4 Å². The van der Waals surface area contributed by atoms with Crippen LogP contribution in [0.1, 0.15) is 37.5 Å². The molecule has 0 bridgehead atoms. The molecule has 0 aliphatic carbocycles. The highest BCUT2D eigenvalue weighted by Gasteiger charge is 2.12. The van der Waals surface area contributed by atoms with Crippen LogP contribution in [-0.2, 0) is 11.3 Å². The second kappa shape index (κ2) is 9.52. The molecule has 152 valence electrons. The summed E-state index contributed by atoms with van der Waals surface area (Å²) in [5.74, 6) is -1.57. The van der Waals surface area contributed by atoms with Gasteiger partial charge in [0.2, 0.25) is 5.78 Å². The number of benzene rings is 2. The molecule has 6 nitrogen and oxygen atoms in total. The first-order chi connectivity index (χ1) is 14.4. The number of nitrogens with zero attached hydrogens (tertiary/aromatic N) is 1. The maximum atomic E-state index is 12.8. The molecular formula is C24H22N2O4. The molecule has 0 aliphatic rings. The molecule has 0 aliphatic heterocycles. The Hall–Kier alpha value is -3.93. The first-order valence-corrected chi connectivity index (χ1v) is 9.47. The van der Waals surface area contributed by atoms with Crippen LogP contribution in [0.5, 0.6) is 0 Å². The molecule has 0 atom stereocenters. The molecule has 0 radical (unpaired) electrons. The Kier molecular flexibility index (Phi) is 6.60. The summed E-state index contributed by atoms with van der Waals surface area (Å²) in [5, 5.41) is 11.0. The number of carbonyl (C=O) groups excluding carboxylic acids is 2. The van der Waals surface area contributed by atoms with Crippen molar-refractivity contribution < 1.29 is 19.5 Å². The van der Waals surface area contributed by atoms with Crippen LogP contribution in [-0.4, -0.2) is 33.9 Å². The number of aryl methyl sites for hydroxylation is 1. The molecule has 1 heterocycles. The van der Waals surface area contributed by atoms with Gasteiger partial charge in [-0.05, 0) is 36.8 Å². The summed E-state index contributed by atoms with van der Waals surface area (Å²) in [5.41, 5.74) is 3.53. The van der Waals surface area contributed by atoms with Crippen molar-refractivity contribution in [1.29, 1.82) is 0 Å². The Morgan fingerprint density at radius 3 is 2.50 bits per heavy atom. The van der Waals surface area contributed by atoms with Crippen molar-refractivity contribution in [2.45, 2.75) is 13.5 Å². The molecule has 0 saturated heterocycles.